The number of ether oxygens (including phenoxy) is 3. The van der Waals surface area contributed by atoms with Crippen molar-refractivity contribution in [3.05, 3.63) is 58.3 Å². The first kappa shape index (κ1) is 29.1. The van der Waals surface area contributed by atoms with Crippen molar-refractivity contribution in [2.75, 3.05) is 26.0 Å². The Kier molecular flexibility index (Phi) is 8.54. The first-order valence-corrected chi connectivity index (χ1v) is 13.8. The van der Waals surface area contributed by atoms with Gasteiger partial charge in [-0.05, 0) is 83.3 Å². The zero-order valence-corrected chi connectivity index (χ0v) is 24.3. The minimum absolute atomic E-state index is 0.0160. The lowest BCUT2D eigenvalue weighted by Gasteiger charge is -2.37. The van der Waals surface area contributed by atoms with Crippen LogP contribution in [-0.2, 0) is 16.0 Å². The molecule has 0 saturated carbocycles. The molecule has 0 bridgehead atoms. The molecule has 0 radical (unpaired) electrons. The van der Waals surface area contributed by atoms with Crippen LogP contribution < -0.4 is 10.5 Å². The van der Waals surface area contributed by atoms with Gasteiger partial charge in [0.2, 0.25) is 0 Å². The third-order valence-corrected chi connectivity index (χ3v) is 7.33. The molecule has 0 amide bonds. The van der Waals surface area contributed by atoms with E-state index in [1.807, 2.05) is 45.9 Å². The topological polar surface area (TPSA) is 120 Å². The largest absolute Gasteiger partial charge is 0.496 e. The summed E-state index contributed by atoms with van der Waals surface area (Å²) in [5, 5.41) is 8.89. The standard InChI is InChI=1S/C31H40N4O5/c1-7-39-29(36)21-11-12-22(27(33)23(21)17-32)25-10-8-9-14-34(25)18-24-20-13-15-35(30(37)40-31(3,4)5)28(20)19(2)16-26(24)38-6/h11-13,15-17,25,32H,7-10,14,18,33H2,1-6H3. The fourth-order valence-electron chi connectivity index (χ4n) is 5.59. The molecule has 0 spiro atoms. The average molecular weight is 549 g/mol. The normalized spacial score (nSPS) is 16.1. The zero-order chi connectivity index (χ0) is 29.2. The highest BCUT2D eigenvalue weighted by Gasteiger charge is 2.30. The second-order valence-electron chi connectivity index (χ2n) is 11.2. The first-order chi connectivity index (χ1) is 19.0. The van der Waals surface area contributed by atoms with E-state index in [1.54, 1.807) is 30.9 Å². The van der Waals surface area contributed by atoms with Crippen LogP contribution >= 0.6 is 0 Å². The minimum atomic E-state index is -0.615. The van der Waals surface area contributed by atoms with Gasteiger partial charge in [-0.3, -0.25) is 9.47 Å². The second-order valence-corrected chi connectivity index (χ2v) is 11.2. The number of fused-ring (bicyclic) bond motifs is 1. The van der Waals surface area contributed by atoms with Crippen LogP contribution in [0.15, 0.2) is 30.5 Å². The number of esters is 1. The number of nitrogen functional groups attached to an aromatic ring is 1. The number of nitrogens with two attached hydrogens (primary N) is 1. The van der Waals surface area contributed by atoms with Gasteiger partial charge >= 0.3 is 12.1 Å². The molecule has 2 aromatic carbocycles. The van der Waals surface area contributed by atoms with E-state index in [0.717, 1.165) is 65.4 Å². The Morgan fingerprint density at radius 3 is 2.60 bits per heavy atom. The Morgan fingerprint density at radius 2 is 1.95 bits per heavy atom. The van der Waals surface area contributed by atoms with E-state index in [-0.39, 0.29) is 12.6 Å². The maximum absolute atomic E-state index is 13.0. The van der Waals surface area contributed by atoms with E-state index in [9.17, 15) is 9.59 Å². The Balaban J connectivity index is 1.76. The van der Waals surface area contributed by atoms with Gasteiger partial charge in [-0.25, -0.2) is 9.59 Å². The molecule has 1 aromatic heterocycles. The summed E-state index contributed by atoms with van der Waals surface area (Å²) in [5.74, 6) is 0.267. The van der Waals surface area contributed by atoms with Crippen LogP contribution in [0.4, 0.5) is 10.5 Å². The van der Waals surface area contributed by atoms with Crippen molar-refractivity contribution in [2.24, 2.45) is 0 Å². The Bertz CT molecular complexity index is 1440. The van der Waals surface area contributed by atoms with Crippen LogP contribution in [0.1, 0.15) is 85.6 Å². The molecule has 3 aromatic rings. The van der Waals surface area contributed by atoms with Crippen LogP contribution in [-0.4, -0.2) is 53.6 Å². The van der Waals surface area contributed by atoms with Crippen molar-refractivity contribution in [1.29, 1.82) is 5.41 Å². The zero-order valence-electron chi connectivity index (χ0n) is 24.3. The molecule has 40 heavy (non-hydrogen) atoms. The number of hydrogen-bond acceptors (Lipinski definition) is 8. The molecule has 1 unspecified atom stereocenters. The summed E-state index contributed by atoms with van der Waals surface area (Å²) in [6, 6.07) is 7.49. The molecule has 1 aliphatic rings. The molecule has 9 heteroatoms. The SMILES string of the molecule is CCOC(=O)c1ccc(C2CCCCN2Cc2c(OC)cc(C)c3c2ccn3C(=O)OC(C)(C)C)c(N)c1C=N. The lowest BCUT2D eigenvalue weighted by molar-refractivity contribution is 0.0521. The quantitative estimate of drug-likeness (QED) is 0.204. The second kappa shape index (κ2) is 11.7. The molecule has 0 aliphatic carbocycles. The maximum Gasteiger partial charge on any atom is 0.419 e. The summed E-state index contributed by atoms with van der Waals surface area (Å²) in [7, 11) is 1.66. The highest BCUT2D eigenvalue weighted by Crippen LogP contribution is 2.40. The number of nitrogens with zero attached hydrogens (tertiary/aromatic N) is 2. The number of benzene rings is 2. The van der Waals surface area contributed by atoms with Gasteiger partial charge in [0, 0.05) is 47.2 Å². The summed E-state index contributed by atoms with van der Waals surface area (Å²) < 4.78 is 18.2. The van der Waals surface area contributed by atoms with Crippen molar-refractivity contribution in [3.8, 4) is 5.75 Å². The van der Waals surface area contributed by atoms with E-state index < -0.39 is 17.7 Å². The van der Waals surface area contributed by atoms with Gasteiger partial charge in [-0.15, -0.1) is 0 Å². The minimum Gasteiger partial charge on any atom is -0.496 e. The highest BCUT2D eigenvalue weighted by molar-refractivity contribution is 6.02. The van der Waals surface area contributed by atoms with Crippen molar-refractivity contribution in [2.45, 2.75) is 72.1 Å². The van der Waals surface area contributed by atoms with Gasteiger partial charge in [-0.2, -0.15) is 0 Å². The Morgan fingerprint density at radius 1 is 1.20 bits per heavy atom. The van der Waals surface area contributed by atoms with Crippen LogP contribution in [0.2, 0.25) is 0 Å². The number of aryl methyl sites for hydroxylation is 1. The number of likely N-dealkylation sites (tertiary alicyclic amines) is 1. The Hall–Kier alpha value is -3.85. The van der Waals surface area contributed by atoms with E-state index in [1.165, 1.54) is 0 Å². The van der Waals surface area contributed by atoms with Crippen molar-refractivity contribution in [3.63, 3.8) is 0 Å². The fraction of sp³-hybridized carbons (Fsp3) is 0.452. The molecular formula is C31H40N4O5. The fourth-order valence-corrected chi connectivity index (χ4v) is 5.59. The monoisotopic (exact) mass is 548 g/mol. The number of carbonyl (C=O) groups excluding carboxylic acids is 2. The van der Waals surface area contributed by atoms with Crippen LogP contribution in [0.5, 0.6) is 5.75 Å². The van der Waals surface area contributed by atoms with Crippen LogP contribution in [0, 0.1) is 12.3 Å². The molecule has 214 valence electrons. The van der Waals surface area contributed by atoms with Gasteiger partial charge in [0.15, 0.2) is 0 Å². The summed E-state index contributed by atoms with van der Waals surface area (Å²) in [6.07, 6.45) is 5.41. The number of carbonyl (C=O) groups is 2. The molecule has 9 nitrogen and oxygen atoms in total. The smallest absolute Gasteiger partial charge is 0.419 e. The van der Waals surface area contributed by atoms with Gasteiger partial charge < -0.3 is 25.4 Å². The lowest BCUT2D eigenvalue weighted by atomic mass is 9.90. The maximum atomic E-state index is 13.0. The number of anilines is 1. The number of methoxy groups -OCH3 is 1. The van der Waals surface area contributed by atoms with Gasteiger partial charge in [0.05, 0.1) is 24.8 Å². The highest BCUT2D eigenvalue weighted by atomic mass is 16.6. The van der Waals surface area contributed by atoms with E-state index in [4.69, 9.17) is 25.4 Å². The van der Waals surface area contributed by atoms with Crippen molar-refractivity contribution in [1.82, 2.24) is 9.47 Å². The molecule has 4 rings (SSSR count). The number of nitrogens with one attached hydrogen (secondary N) is 1. The first-order valence-electron chi connectivity index (χ1n) is 13.8. The third-order valence-electron chi connectivity index (χ3n) is 7.33. The molecule has 2 heterocycles. The molecule has 1 aliphatic heterocycles. The number of rotatable bonds is 7. The number of piperidine rings is 1. The van der Waals surface area contributed by atoms with Gasteiger partial charge in [-0.1, -0.05) is 12.5 Å². The predicted molar refractivity (Wildman–Crippen MR) is 157 cm³/mol. The third kappa shape index (κ3) is 5.70. The summed E-state index contributed by atoms with van der Waals surface area (Å²) in [4.78, 5) is 27.9. The lowest BCUT2D eigenvalue weighted by Crippen LogP contribution is -2.34. The average Bonchev–Trinajstić information content (AvgIpc) is 3.36. The summed E-state index contributed by atoms with van der Waals surface area (Å²) in [5.41, 5.74) is 10.7. The summed E-state index contributed by atoms with van der Waals surface area (Å²) in [6.45, 7) is 10.9. The van der Waals surface area contributed by atoms with Crippen molar-refractivity contribution >= 4 is 34.9 Å². The number of aromatic nitrogens is 1. The Labute approximate surface area is 235 Å². The van der Waals surface area contributed by atoms with Gasteiger partial charge in [0.1, 0.15) is 11.4 Å². The molecular weight excluding hydrogens is 508 g/mol. The molecule has 1 saturated heterocycles. The van der Waals surface area contributed by atoms with E-state index >= 15 is 0 Å². The predicted octanol–water partition coefficient (Wildman–Crippen LogP) is 6.23. The number of hydrogen-bond donors (Lipinski definition) is 2. The molecule has 1 atom stereocenters. The van der Waals surface area contributed by atoms with Crippen LogP contribution in [0.25, 0.3) is 10.9 Å². The van der Waals surface area contributed by atoms with Crippen molar-refractivity contribution < 1.29 is 23.8 Å². The van der Waals surface area contributed by atoms with E-state index in [0.29, 0.717) is 23.4 Å². The molecule has 1 fully saturated rings. The summed E-state index contributed by atoms with van der Waals surface area (Å²) >= 11 is 0. The molecule has 3 N–H and O–H groups in total. The van der Waals surface area contributed by atoms with E-state index in [2.05, 4.69) is 4.90 Å². The van der Waals surface area contributed by atoms with Crippen LogP contribution in [0.3, 0.4) is 0 Å². The van der Waals surface area contributed by atoms with Gasteiger partial charge in [0.25, 0.3) is 0 Å².